The maximum absolute atomic E-state index is 11.7. The van der Waals surface area contributed by atoms with Gasteiger partial charge in [-0.3, -0.25) is 4.79 Å². The Balaban J connectivity index is 2.93. The molecule has 4 nitrogen and oxygen atoms in total. The topological polar surface area (TPSA) is 63.6 Å². The normalized spacial score (nSPS) is 17.7. The highest BCUT2D eigenvalue weighted by molar-refractivity contribution is 6.73. The number of carbonyl (C=O) groups is 2. The summed E-state index contributed by atoms with van der Waals surface area (Å²) >= 11 is 0. The Morgan fingerprint density at radius 3 is 2.28 bits per heavy atom. The number of carboxylic acid groups (broad SMARTS) is 1. The van der Waals surface area contributed by atoms with Crippen LogP contribution in [-0.2, 0) is 14.0 Å². The molecule has 102 valence electrons. The molecule has 1 rings (SSSR count). The number of carboxylic acids is 1. The third-order valence-electron chi connectivity index (χ3n) is 3.87. The van der Waals surface area contributed by atoms with E-state index in [1.165, 1.54) is 0 Å². The average molecular weight is 270 g/mol. The first-order valence-corrected chi connectivity index (χ1v) is 9.16. The van der Waals surface area contributed by atoms with Crippen LogP contribution in [0.1, 0.15) is 33.6 Å². The molecular weight excluding hydrogens is 248 g/mol. The molecule has 0 radical (unpaired) electrons. The van der Waals surface area contributed by atoms with E-state index in [0.717, 1.165) is 18.1 Å². The molecule has 0 aliphatic heterocycles. The van der Waals surface area contributed by atoms with E-state index < -0.39 is 20.4 Å². The van der Waals surface area contributed by atoms with Gasteiger partial charge in [0.1, 0.15) is 0 Å². The van der Waals surface area contributed by atoms with Crippen LogP contribution < -0.4 is 0 Å². The highest BCUT2D eigenvalue weighted by Crippen LogP contribution is 2.28. The van der Waals surface area contributed by atoms with Crippen molar-refractivity contribution >= 4 is 20.1 Å². The standard InChI is InChI=1S/C13H22O4Si/c1-4-18(5-2,6-3)17-12(13(15)16)10-8-7-9-11(10)14/h8,12H,4-7,9H2,1-3H3,(H,15,16). The fraction of sp³-hybridized carbons (Fsp3) is 0.692. The molecule has 0 spiro atoms. The van der Waals surface area contributed by atoms with Crippen molar-refractivity contribution in [1.29, 1.82) is 0 Å². The second-order valence-corrected chi connectivity index (χ2v) is 9.42. The molecule has 0 aromatic rings. The van der Waals surface area contributed by atoms with Crippen molar-refractivity contribution < 1.29 is 19.1 Å². The first-order valence-electron chi connectivity index (χ1n) is 6.63. The summed E-state index contributed by atoms with van der Waals surface area (Å²) in [5.74, 6) is -1.11. The van der Waals surface area contributed by atoms with Crippen molar-refractivity contribution in [2.75, 3.05) is 0 Å². The lowest BCUT2D eigenvalue weighted by molar-refractivity contribution is -0.144. The maximum Gasteiger partial charge on any atom is 0.336 e. The molecule has 0 heterocycles. The van der Waals surface area contributed by atoms with Gasteiger partial charge in [-0.25, -0.2) is 4.79 Å². The summed E-state index contributed by atoms with van der Waals surface area (Å²) in [7, 11) is -2.01. The highest BCUT2D eigenvalue weighted by Gasteiger charge is 2.38. The van der Waals surface area contributed by atoms with Gasteiger partial charge in [0.05, 0.1) is 0 Å². The number of carbonyl (C=O) groups excluding carboxylic acids is 1. The molecule has 5 heteroatoms. The predicted octanol–water partition coefficient (Wildman–Crippen LogP) is 2.75. The minimum absolute atomic E-state index is 0.0754. The number of ketones is 1. The fourth-order valence-electron chi connectivity index (χ4n) is 2.37. The number of hydrogen-bond donors (Lipinski definition) is 1. The summed E-state index contributed by atoms with van der Waals surface area (Å²) in [5, 5.41) is 9.31. The lowest BCUT2D eigenvalue weighted by Crippen LogP contribution is -2.44. The zero-order chi connectivity index (χ0) is 13.8. The van der Waals surface area contributed by atoms with Crippen LogP contribution in [0, 0.1) is 0 Å². The van der Waals surface area contributed by atoms with Crippen molar-refractivity contribution in [1.82, 2.24) is 0 Å². The first-order chi connectivity index (χ1) is 8.49. The van der Waals surface area contributed by atoms with Gasteiger partial charge in [0, 0.05) is 12.0 Å². The van der Waals surface area contributed by atoms with E-state index in [1.54, 1.807) is 6.08 Å². The minimum atomic E-state index is -2.01. The molecular formula is C13H22O4Si. The van der Waals surface area contributed by atoms with E-state index >= 15 is 0 Å². The lowest BCUT2D eigenvalue weighted by atomic mass is 10.1. The van der Waals surface area contributed by atoms with Crippen molar-refractivity contribution in [3.05, 3.63) is 11.6 Å². The fourth-order valence-corrected chi connectivity index (χ4v) is 5.09. The molecule has 0 fully saturated rings. The van der Waals surface area contributed by atoms with Gasteiger partial charge in [-0.15, -0.1) is 0 Å². The maximum atomic E-state index is 11.7. The molecule has 1 N–H and O–H groups in total. The summed E-state index contributed by atoms with van der Waals surface area (Å²) in [5.41, 5.74) is 0.356. The van der Waals surface area contributed by atoms with Crippen molar-refractivity contribution in [3.63, 3.8) is 0 Å². The molecule has 0 amide bonds. The van der Waals surface area contributed by atoms with E-state index in [2.05, 4.69) is 0 Å². The molecule has 1 aliphatic carbocycles. The third-order valence-corrected chi connectivity index (χ3v) is 8.47. The van der Waals surface area contributed by atoms with Crippen LogP contribution in [0.15, 0.2) is 11.6 Å². The van der Waals surface area contributed by atoms with Crippen LogP contribution in [0.4, 0.5) is 0 Å². The van der Waals surface area contributed by atoms with Crippen LogP contribution in [0.5, 0.6) is 0 Å². The smallest absolute Gasteiger partial charge is 0.336 e. The zero-order valence-corrected chi connectivity index (χ0v) is 12.4. The van der Waals surface area contributed by atoms with Gasteiger partial charge in [-0.05, 0) is 24.6 Å². The highest BCUT2D eigenvalue weighted by atomic mass is 28.4. The van der Waals surface area contributed by atoms with Crippen molar-refractivity contribution in [2.45, 2.75) is 57.8 Å². The molecule has 1 atom stereocenters. The number of allylic oxidation sites excluding steroid dienone is 1. The zero-order valence-electron chi connectivity index (χ0n) is 11.4. The van der Waals surface area contributed by atoms with Gasteiger partial charge in [-0.2, -0.15) is 0 Å². The summed E-state index contributed by atoms with van der Waals surface area (Å²) < 4.78 is 5.95. The van der Waals surface area contributed by atoms with E-state index in [-0.39, 0.29) is 5.78 Å². The van der Waals surface area contributed by atoms with Gasteiger partial charge in [0.2, 0.25) is 0 Å². The molecule has 0 saturated heterocycles. The Hall–Kier alpha value is -0.943. The molecule has 0 saturated carbocycles. The van der Waals surface area contributed by atoms with Gasteiger partial charge >= 0.3 is 5.97 Å². The summed E-state index contributed by atoms with van der Waals surface area (Å²) in [4.78, 5) is 23.0. The van der Waals surface area contributed by atoms with Crippen molar-refractivity contribution in [3.8, 4) is 0 Å². The molecule has 0 aromatic heterocycles. The van der Waals surface area contributed by atoms with Gasteiger partial charge < -0.3 is 9.53 Å². The average Bonchev–Trinajstić information content (AvgIpc) is 2.78. The molecule has 0 bridgehead atoms. The lowest BCUT2D eigenvalue weighted by Gasteiger charge is -2.31. The van der Waals surface area contributed by atoms with E-state index in [1.807, 2.05) is 20.8 Å². The summed E-state index contributed by atoms with van der Waals surface area (Å²) in [6, 6.07) is 2.64. The van der Waals surface area contributed by atoms with Crippen molar-refractivity contribution in [2.24, 2.45) is 0 Å². The van der Waals surface area contributed by atoms with E-state index in [0.29, 0.717) is 18.4 Å². The Bertz CT molecular complexity index is 350. The number of Topliss-reactive ketones (excluding diaryl/α,β-unsaturated/α-hetero) is 1. The second-order valence-electron chi connectivity index (χ2n) is 4.70. The van der Waals surface area contributed by atoms with Crippen LogP contribution in [0.3, 0.4) is 0 Å². The molecule has 1 aliphatic rings. The van der Waals surface area contributed by atoms with Crippen LogP contribution in [-0.4, -0.2) is 31.3 Å². The Kier molecular flexibility index (Phi) is 5.28. The number of hydrogen-bond acceptors (Lipinski definition) is 3. The summed E-state index contributed by atoms with van der Waals surface area (Å²) in [6.45, 7) is 6.13. The Labute approximate surface area is 109 Å². The quantitative estimate of drug-likeness (QED) is 0.722. The number of rotatable bonds is 7. The summed E-state index contributed by atoms with van der Waals surface area (Å²) in [6.07, 6.45) is 1.73. The third kappa shape index (κ3) is 3.08. The minimum Gasteiger partial charge on any atom is -0.479 e. The predicted molar refractivity (Wildman–Crippen MR) is 72.0 cm³/mol. The molecule has 0 aromatic carbocycles. The van der Waals surface area contributed by atoms with E-state index in [4.69, 9.17) is 4.43 Å². The van der Waals surface area contributed by atoms with Crippen LogP contribution in [0.2, 0.25) is 18.1 Å². The van der Waals surface area contributed by atoms with Crippen LogP contribution in [0.25, 0.3) is 0 Å². The second kappa shape index (κ2) is 6.29. The Morgan fingerprint density at radius 2 is 1.94 bits per heavy atom. The monoisotopic (exact) mass is 270 g/mol. The van der Waals surface area contributed by atoms with Gasteiger partial charge in [-0.1, -0.05) is 26.8 Å². The van der Waals surface area contributed by atoms with Gasteiger partial charge in [0.15, 0.2) is 20.2 Å². The van der Waals surface area contributed by atoms with Gasteiger partial charge in [0.25, 0.3) is 0 Å². The van der Waals surface area contributed by atoms with Crippen LogP contribution >= 0.6 is 0 Å². The SMILES string of the molecule is CC[Si](CC)(CC)OC(C(=O)O)C1=CCCC1=O. The molecule has 18 heavy (non-hydrogen) atoms. The molecule has 1 unspecified atom stereocenters. The Morgan fingerprint density at radius 1 is 1.39 bits per heavy atom. The first kappa shape index (κ1) is 15.1. The largest absolute Gasteiger partial charge is 0.479 e. The van der Waals surface area contributed by atoms with E-state index in [9.17, 15) is 14.7 Å². The number of aliphatic carboxylic acids is 1.